The number of phenolic OH excluding ortho intramolecular Hbond substituents is 1. The summed E-state index contributed by atoms with van der Waals surface area (Å²) >= 11 is 0. The molecule has 0 radical (unpaired) electrons. The second-order valence-electron chi connectivity index (χ2n) is 5.18. The summed E-state index contributed by atoms with van der Waals surface area (Å²) in [6.45, 7) is 7.47. The summed E-state index contributed by atoms with van der Waals surface area (Å²) < 4.78 is 5.07. The molecule has 19 heavy (non-hydrogen) atoms. The van der Waals surface area contributed by atoms with Crippen molar-refractivity contribution in [3.8, 4) is 17.6 Å². The number of benzene rings is 1. The van der Waals surface area contributed by atoms with Crippen LogP contribution in [0.3, 0.4) is 0 Å². The molecule has 1 rings (SSSR count). The van der Waals surface area contributed by atoms with Gasteiger partial charge in [-0.3, -0.25) is 0 Å². The molecule has 0 saturated carbocycles. The van der Waals surface area contributed by atoms with Gasteiger partial charge in [-0.05, 0) is 45.4 Å². The number of hydrogen-bond donors (Lipinski definition) is 2. The van der Waals surface area contributed by atoms with Crippen LogP contribution in [-0.4, -0.2) is 23.3 Å². The second-order valence-corrected chi connectivity index (χ2v) is 5.18. The Balaban J connectivity index is 2.52. The molecular weight excluding hydrogens is 242 g/mol. The normalized spacial score (nSPS) is 10.3. The molecule has 0 aliphatic heterocycles. The highest BCUT2D eigenvalue weighted by Gasteiger charge is 2.14. The second kappa shape index (κ2) is 6.14. The van der Waals surface area contributed by atoms with E-state index in [1.54, 1.807) is 39.0 Å². The van der Waals surface area contributed by atoms with Crippen molar-refractivity contribution in [2.75, 3.05) is 6.54 Å². The van der Waals surface area contributed by atoms with E-state index in [2.05, 4.69) is 17.2 Å². The SMILES string of the molecule is Cc1ccc(O)c(C#CCNC(=O)OC(C)(C)C)c1. The van der Waals surface area contributed by atoms with Gasteiger partial charge in [0.05, 0.1) is 12.1 Å². The average Bonchev–Trinajstić information content (AvgIpc) is 2.26. The number of aromatic hydroxyl groups is 1. The van der Waals surface area contributed by atoms with Crippen molar-refractivity contribution < 1.29 is 14.6 Å². The first-order valence-corrected chi connectivity index (χ1v) is 6.03. The van der Waals surface area contributed by atoms with Gasteiger partial charge in [0.1, 0.15) is 11.4 Å². The van der Waals surface area contributed by atoms with Crippen molar-refractivity contribution in [2.24, 2.45) is 0 Å². The lowest BCUT2D eigenvalue weighted by molar-refractivity contribution is 0.0535. The van der Waals surface area contributed by atoms with Crippen LogP contribution >= 0.6 is 0 Å². The Morgan fingerprint density at radius 1 is 1.42 bits per heavy atom. The average molecular weight is 261 g/mol. The molecule has 1 aromatic carbocycles. The predicted molar refractivity (Wildman–Crippen MR) is 74.0 cm³/mol. The number of carbonyl (C=O) groups excluding carboxylic acids is 1. The Morgan fingerprint density at radius 2 is 2.11 bits per heavy atom. The van der Waals surface area contributed by atoms with Crippen LogP contribution in [0.15, 0.2) is 18.2 Å². The van der Waals surface area contributed by atoms with Gasteiger partial charge in [0.15, 0.2) is 0 Å². The molecule has 0 aliphatic rings. The molecule has 0 unspecified atom stereocenters. The minimum Gasteiger partial charge on any atom is -0.507 e. The van der Waals surface area contributed by atoms with Gasteiger partial charge in [-0.25, -0.2) is 4.79 Å². The zero-order valence-electron chi connectivity index (χ0n) is 11.7. The van der Waals surface area contributed by atoms with E-state index in [4.69, 9.17) is 4.74 Å². The topological polar surface area (TPSA) is 58.6 Å². The van der Waals surface area contributed by atoms with Crippen molar-refractivity contribution in [3.63, 3.8) is 0 Å². The molecule has 0 atom stereocenters. The van der Waals surface area contributed by atoms with Crippen LogP contribution < -0.4 is 5.32 Å². The fraction of sp³-hybridized carbons (Fsp3) is 0.400. The van der Waals surface area contributed by atoms with E-state index in [1.807, 2.05) is 6.92 Å². The fourth-order valence-corrected chi connectivity index (χ4v) is 1.32. The minimum atomic E-state index is -0.522. The number of alkyl carbamates (subject to hydrolysis) is 1. The molecule has 0 fully saturated rings. The third-order valence-corrected chi connectivity index (χ3v) is 2.10. The molecule has 102 valence electrons. The Kier molecular flexibility index (Phi) is 4.82. The fourth-order valence-electron chi connectivity index (χ4n) is 1.32. The van der Waals surface area contributed by atoms with Gasteiger partial charge in [0.25, 0.3) is 0 Å². The number of ether oxygens (including phenoxy) is 1. The van der Waals surface area contributed by atoms with Crippen molar-refractivity contribution >= 4 is 6.09 Å². The molecule has 0 heterocycles. The maximum Gasteiger partial charge on any atom is 0.408 e. The molecule has 2 N–H and O–H groups in total. The third kappa shape index (κ3) is 5.82. The van der Waals surface area contributed by atoms with Gasteiger partial charge in [-0.1, -0.05) is 17.9 Å². The maximum atomic E-state index is 11.3. The van der Waals surface area contributed by atoms with Crippen LogP contribution in [0.1, 0.15) is 31.9 Å². The smallest absolute Gasteiger partial charge is 0.408 e. The van der Waals surface area contributed by atoms with Gasteiger partial charge in [-0.15, -0.1) is 0 Å². The van der Waals surface area contributed by atoms with Gasteiger partial charge in [0.2, 0.25) is 0 Å². The minimum absolute atomic E-state index is 0.135. The Bertz CT molecular complexity index is 518. The van der Waals surface area contributed by atoms with Crippen molar-refractivity contribution in [1.82, 2.24) is 5.32 Å². The molecule has 0 saturated heterocycles. The first-order chi connectivity index (χ1) is 8.78. The molecule has 1 amide bonds. The zero-order chi connectivity index (χ0) is 14.5. The van der Waals surface area contributed by atoms with Gasteiger partial charge in [0, 0.05) is 0 Å². The number of hydrogen-bond acceptors (Lipinski definition) is 3. The summed E-state index contributed by atoms with van der Waals surface area (Å²) in [5.74, 6) is 5.70. The monoisotopic (exact) mass is 261 g/mol. The van der Waals surface area contributed by atoms with Gasteiger partial charge < -0.3 is 15.2 Å². The molecule has 0 aliphatic carbocycles. The molecule has 1 aromatic rings. The summed E-state index contributed by atoms with van der Waals surface area (Å²) in [4.78, 5) is 11.3. The van der Waals surface area contributed by atoms with Crippen LogP contribution in [0, 0.1) is 18.8 Å². The number of carbonyl (C=O) groups is 1. The number of amides is 1. The summed E-state index contributed by atoms with van der Waals surface area (Å²) in [5.41, 5.74) is 1.04. The van der Waals surface area contributed by atoms with Gasteiger partial charge in [-0.2, -0.15) is 0 Å². The molecule has 0 spiro atoms. The van der Waals surface area contributed by atoms with E-state index in [1.165, 1.54) is 0 Å². The number of nitrogens with one attached hydrogen (secondary N) is 1. The largest absolute Gasteiger partial charge is 0.507 e. The summed E-state index contributed by atoms with van der Waals surface area (Å²) in [6.07, 6.45) is -0.504. The van der Waals surface area contributed by atoms with E-state index in [9.17, 15) is 9.90 Å². The standard InChI is InChI=1S/C15H19NO3/c1-11-7-8-13(17)12(10-11)6-5-9-16-14(18)19-15(2,3)4/h7-8,10,17H,9H2,1-4H3,(H,16,18). The van der Waals surface area contributed by atoms with Crippen LogP contribution in [0.25, 0.3) is 0 Å². The van der Waals surface area contributed by atoms with Crippen LogP contribution in [0.5, 0.6) is 5.75 Å². The highest BCUT2D eigenvalue weighted by molar-refractivity contribution is 5.68. The highest BCUT2D eigenvalue weighted by Crippen LogP contribution is 2.16. The van der Waals surface area contributed by atoms with E-state index in [-0.39, 0.29) is 12.3 Å². The van der Waals surface area contributed by atoms with Crippen LogP contribution in [0.2, 0.25) is 0 Å². The predicted octanol–water partition coefficient (Wildman–Crippen LogP) is 2.58. The van der Waals surface area contributed by atoms with Crippen LogP contribution in [0.4, 0.5) is 4.79 Å². The summed E-state index contributed by atoms with van der Waals surface area (Å²) in [5, 5.41) is 12.1. The molecule has 4 heteroatoms. The zero-order valence-corrected chi connectivity index (χ0v) is 11.7. The number of rotatable bonds is 1. The lowest BCUT2D eigenvalue weighted by atomic mass is 10.1. The van der Waals surface area contributed by atoms with Crippen LogP contribution in [-0.2, 0) is 4.74 Å². The van der Waals surface area contributed by atoms with Crippen molar-refractivity contribution in [2.45, 2.75) is 33.3 Å². The Labute approximate surface area is 113 Å². The Morgan fingerprint density at radius 3 is 2.74 bits per heavy atom. The Hall–Kier alpha value is -2.15. The van der Waals surface area contributed by atoms with E-state index < -0.39 is 11.7 Å². The maximum absolute atomic E-state index is 11.3. The summed E-state index contributed by atoms with van der Waals surface area (Å²) in [7, 11) is 0. The third-order valence-electron chi connectivity index (χ3n) is 2.10. The van der Waals surface area contributed by atoms with E-state index in [0.29, 0.717) is 5.56 Å². The molecular formula is C15H19NO3. The highest BCUT2D eigenvalue weighted by atomic mass is 16.6. The lowest BCUT2D eigenvalue weighted by Gasteiger charge is -2.19. The first kappa shape index (κ1) is 14.9. The molecule has 0 aromatic heterocycles. The lowest BCUT2D eigenvalue weighted by Crippen LogP contribution is -2.32. The van der Waals surface area contributed by atoms with Crippen molar-refractivity contribution in [1.29, 1.82) is 0 Å². The quantitative estimate of drug-likeness (QED) is 0.764. The summed E-state index contributed by atoms with van der Waals surface area (Å²) in [6, 6.07) is 5.19. The molecule has 4 nitrogen and oxygen atoms in total. The van der Waals surface area contributed by atoms with Crippen molar-refractivity contribution in [3.05, 3.63) is 29.3 Å². The van der Waals surface area contributed by atoms with Gasteiger partial charge >= 0.3 is 6.09 Å². The number of aryl methyl sites for hydroxylation is 1. The van der Waals surface area contributed by atoms with E-state index >= 15 is 0 Å². The van der Waals surface area contributed by atoms with E-state index in [0.717, 1.165) is 5.56 Å². The number of phenols is 1. The first-order valence-electron chi connectivity index (χ1n) is 6.03. The molecule has 0 bridgehead atoms.